The minimum atomic E-state index is -1.62. The number of hydrogen-bond acceptors (Lipinski definition) is 3. The SMILES string of the molecule is C[C@@H]1CO[C@@](O)(c2ccc(F)c(F)c2)[C@H](C)N1. The van der Waals surface area contributed by atoms with Gasteiger partial charge in [-0.05, 0) is 26.0 Å². The van der Waals surface area contributed by atoms with E-state index in [1.807, 2.05) is 6.92 Å². The first-order valence-electron chi connectivity index (χ1n) is 5.51. The van der Waals surface area contributed by atoms with Crippen LogP contribution in [0, 0.1) is 11.6 Å². The van der Waals surface area contributed by atoms with E-state index in [2.05, 4.69) is 5.32 Å². The van der Waals surface area contributed by atoms with Crippen LogP contribution in [-0.2, 0) is 10.5 Å². The van der Waals surface area contributed by atoms with Crippen LogP contribution in [-0.4, -0.2) is 23.8 Å². The number of benzene rings is 1. The van der Waals surface area contributed by atoms with Crippen LogP contribution >= 0.6 is 0 Å². The number of rotatable bonds is 1. The van der Waals surface area contributed by atoms with Crippen molar-refractivity contribution in [2.45, 2.75) is 31.7 Å². The maximum absolute atomic E-state index is 13.1. The standard InChI is InChI=1S/C12H15F2NO2/c1-7-6-17-12(16,8(2)15-7)9-3-4-10(13)11(14)5-9/h3-5,7-8,15-16H,6H2,1-2H3/t7-,8+,12-/m1/s1. The number of hydrogen-bond donors (Lipinski definition) is 2. The lowest BCUT2D eigenvalue weighted by atomic mass is 9.96. The molecule has 1 aliphatic rings. The van der Waals surface area contributed by atoms with Gasteiger partial charge < -0.3 is 15.2 Å². The van der Waals surface area contributed by atoms with Gasteiger partial charge in [-0.15, -0.1) is 0 Å². The topological polar surface area (TPSA) is 41.5 Å². The fourth-order valence-corrected chi connectivity index (χ4v) is 2.02. The minimum absolute atomic E-state index is 0.107. The van der Waals surface area contributed by atoms with Crippen LogP contribution < -0.4 is 5.32 Å². The number of nitrogens with one attached hydrogen (secondary N) is 1. The summed E-state index contributed by atoms with van der Waals surface area (Å²) in [7, 11) is 0. The number of aliphatic hydroxyl groups is 1. The highest BCUT2D eigenvalue weighted by atomic mass is 19.2. The molecule has 2 rings (SSSR count). The monoisotopic (exact) mass is 243 g/mol. The summed E-state index contributed by atoms with van der Waals surface area (Å²) >= 11 is 0. The minimum Gasteiger partial charge on any atom is -0.361 e. The van der Waals surface area contributed by atoms with Gasteiger partial charge in [-0.2, -0.15) is 0 Å². The molecule has 94 valence electrons. The summed E-state index contributed by atoms with van der Waals surface area (Å²) in [6.45, 7) is 3.96. The van der Waals surface area contributed by atoms with Crippen LogP contribution in [0.4, 0.5) is 8.78 Å². The molecule has 2 N–H and O–H groups in total. The Morgan fingerprint density at radius 3 is 2.65 bits per heavy atom. The molecule has 1 fully saturated rings. The van der Waals surface area contributed by atoms with Crippen molar-refractivity contribution >= 4 is 0 Å². The summed E-state index contributed by atoms with van der Waals surface area (Å²) in [5.74, 6) is -3.56. The lowest BCUT2D eigenvalue weighted by Gasteiger charge is -2.41. The van der Waals surface area contributed by atoms with Gasteiger partial charge in [-0.3, -0.25) is 0 Å². The van der Waals surface area contributed by atoms with E-state index in [4.69, 9.17) is 4.74 Å². The maximum atomic E-state index is 13.1. The van der Waals surface area contributed by atoms with Crippen LogP contribution in [0.5, 0.6) is 0 Å². The van der Waals surface area contributed by atoms with E-state index >= 15 is 0 Å². The van der Waals surface area contributed by atoms with Crippen molar-refractivity contribution < 1.29 is 18.6 Å². The smallest absolute Gasteiger partial charge is 0.208 e. The second kappa shape index (κ2) is 4.33. The van der Waals surface area contributed by atoms with E-state index in [-0.39, 0.29) is 11.6 Å². The van der Waals surface area contributed by atoms with Gasteiger partial charge >= 0.3 is 0 Å². The van der Waals surface area contributed by atoms with Crippen molar-refractivity contribution in [1.29, 1.82) is 0 Å². The molecule has 1 aromatic carbocycles. The van der Waals surface area contributed by atoms with Crippen molar-refractivity contribution in [2.24, 2.45) is 0 Å². The van der Waals surface area contributed by atoms with Gasteiger partial charge in [0.25, 0.3) is 0 Å². The molecule has 0 amide bonds. The zero-order chi connectivity index (χ0) is 12.6. The van der Waals surface area contributed by atoms with E-state index in [9.17, 15) is 13.9 Å². The van der Waals surface area contributed by atoms with Crippen LogP contribution in [0.15, 0.2) is 18.2 Å². The lowest BCUT2D eigenvalue weighted by molar-refractivity contribution is -0.252. The zero-order valence-electron chi connectivity index (χ0n) is 9.71. The number of halogens is 2. The molecule has 0 unspecified atom stereocenters. The van der Waals surface area contributed by atoms with Gasteiger partial charge in [0, 0.05) is 11.6 Å². The first kappa shape index (κ1) is 12.4. The molecular formula is C12H15F2NO2. The highest BCUT2D eigenvalue weighted by Crippen LogP contribution is 2.30. The Hall–Kier alpha value is -1.04. The summed E-state index contributed by atoms with van der Waals surface area (Å²) < 4.78 is 31.4. The van der Waals surface area contributed by atoms with Gasteiger partial charge in [0.05, 0.1) is 12.6 Å². The Bertz CT molecular complexity index is 427. The molecule has 5 heteroatoms. The molecule has 17 heavy (non-hydrogen) atoms. The third-order valence-electron chi connectivity index (χ3n) is 3.01. The van der Waals surface area contributed by atoms with E-state index in [1.54, 1.807) is 6.92 Å². The highest BCUT2D eigenvalue weighted by Gasteiger charge is 2.41. The molecule has 0 aromatic heterocycles. The molecule has 1 heterocycles. The normalized spacial score (nSPS) is 33.7. The Balaban J connectivity index is 2.34. The van der Waals surface area contributed by atoms with Gasteiger partial charge in [-0.25, -0.2) is 8.78 Å². The quantitative estimate of drug-likeness (QED) is 0.785. The fraction of sp³-hybridized carbons (Fsp3) is 0.500. The fourth-order valence-electron chi connectivity index (χ4n) is 2.02. The summed E-state index contributed by atoms with van der Waals surface area (Å²) in [4.78, 5) is 0. The molecule has 0 aliphatic carbocycles. The van der Waals surface area contributed by atoms with Crippen molar-refractivity contribution in [3.05, 3.63) is 35.4 Å². The largest absolute Gasteiger partial charge is 0.361 e. The molecule has 0 radical (unpaired) electrons. The van der Waals surface area contributed by atoms with Crippen LogP contribution in [0.25, 0.3) is 0 Å². The van der Waals surface area contributed by atoms with Gasteiger partial charge in [0.15, 0.2) is 11.6 Å². The van der Waals surface area contributed by atoms with Gasteiger partial charge in [0.1, 0.15) is 0 Å². The molecule has 3 atom stereocenters. The van der Waals surface area contributed by atoms with Crippen LogP contribution in [0.3, 0.4) is 0 Å². The lowest BCUT2D eigenvalue weighted by Crippen LogP contribution is -2.58. The van der Waals surface area contributed by atoms with Gasteiger partial charge in [-0.1, -0.05) is 6.07 Å². The Kier molecular flexibility index (Phi) is 3.16. The Morgan fingerprint density at radius 1 is 1.35 bits per heavy atom. The molecule has 0 spiro atoms. The molecule has 1 aromatic rings. The maximum Gasteiger partial charge on any atom is 0.208 e. The molecule has 3 nitrogen and oxygen atoms in total. The number of morpholine rings is 1. The first-order valence-corrected chi connectivity index (χ1v) is 5.51. The average molecular weight is 243 g/mol. The number of ether oxygens (including phenoxy) is 1. The molecule has 1 saturated heterocycles. The Labute approximate surface area is 98.4 Å². The summed E-state index contributed by atoms with van der Waals surface area (Å²) in [5.41, 5.74) is 0.211. The van der Waals surface area contributed by atoms with Crippen molar-refractivity contribution in [3.63, 3.8) is 0 Å². The third-order valence-corrected chi connectivity index (χ3v) is 3.01. The van der Waals surface area contributed by atoms with E-state index < -0.39 is 23.5 Å². The van der Waals surface area contributed by atoms with E-state index in [0.717, 1.165) is 12.1 Å². The third kappa shape index (κ3) is 2.18. The predicted octanol–water partition coefficient (Wildman–Crippen LogP) is 1.51. The Morgan fingerprint density at radius 2 is 2.06 bits per heavy atom. The van der Waals surface area contributed by atoms with E-state index in [1.165, 1.54) is 6.07 Å². The summed E-state index contributed by atoms with van der Waals surface area (Å²) in [6.07, 6.45) is 0. The second-order valence-corrected chi connectivity index (χ2v) is 4.43. The van der Waals surface area contributed by atoms with Crippen molar-refractivity contribution in [2.75, 3.05) is 6.61 Å². The molecular weight excluding hydrogens is 228 g/mol. The first-order chi connectivity index (χ1) is 7.93. The molecule has 0 saturated carbocycles. The predicted molar refractivity (Wildman–Crippen MR) is 58.3 cm³/mol. The van der Waals surface area contributed by atoms with Crippen LogP contribution in [0.1, 0.15) is 19.4 Å². The van der Waals surface area contributed by atoms with Crippen LogP contribution in [0.2, 0.25) is 0 Å². The van der Waals surface area contributed by atoms with Gasteiger partial charge in [0.2, 0.25) is 5.79 Å². The second-order valence-electron chi connectivity index (χ2n) is 4.43. The summed E-state index contributed by atoms with van der Waals surface area (Å²) in [6, 6.07) is 2.97. The van der Waals surface area contributed by atoms with E-state index in [0.29, 0.717) is 6.61 Å². The molecule has 1 aliphatic heterocycles. The van der Waals surface area contributed by atoms with Crippen molar-refractivity contribution in [3.8, 4) is 0 Å². The summed E-state index contributed by atoms with van der Waals surface area (Å²) in [5, 5.41) is 13.5. The molecule has 0 bridgehead atoms. The zero-order valence-corrected chi connectivity index (χ0v) is 9.71. The van der Waals surface area contributed by atoms with Crippen molar-refractivity contribution in [1.82, 2.24) is 5.32 Å². The average Bonchev–Trinajstić information content (AvgIpc) is 2.28. The highest BCUT2D eigenvalue weighted by molar-refractivity contribution is 5.24.